The standard InChI is InChI=1S/C16H16BrNO/c17-15-7-2-1-6-14(15)16(10-19-11-16)13-5-3-4-12(8-13)9-18/h1-8H,9-11,18H2. The first-order valence-electron chi connectivity index (χ1n) is 6.38. The van der Waals surface area contributed by atoms with Crippen molar-refractivity contribution in [1.29, 1.82) is 0 Å². The molecule has 1 heterocycles. The lowest BCUT2D eigenvalue weighted by atomic mass is 9.72. The Morgan fingerprint density at radius 2 is 1.89 bits per heavy atom. The van der Waals surface area contributed by atoms with E-state index in [0.29, 0.717) is 6.54 Å². The van der Waals surface area contributed by atoms with Crippen molar-refractivity contribution in [3.05, 3.63) is 69.7 Å². The van der Waals surface area contributed by atoms with Crippen LogP contribution in [0.2, 0.25) is 0 Å². The molecule has 1 saturated heterocycles. The molecular formula is C16H16BrNO. The van der Waals surface area contributed by atoms with E-state index in [1.54, 1.807) is 0 Å². The molecule has 2 aromatic carbocycles. The van der Waals surface area contributed by atoms with Crippen LogP contribution < -0.4 is 5.73 Å². The summed E-state index contributed by atoms with van der Waals surface area (Å²) in [5, 5.41) is 0. The van der Waals surface area contributed by atoms with E-state index in [0.717, 1.165) is 23.2 Å². The van der Waals surface area contributed by atoms with Gasteiger partial charge in [-0.3, -0.25) is 0 Å². The van der Waals surface area contributed by atoms with Crippen LogP contribution in [0.15, 0.2) is 53.0 Å². The van der Waals surface area contributed by atoms with Gasteiger partial charge in [0.1, 0.15) is 0 Å². The van der Waals surface area contributed by atoms with Crippen LogP contribution in [0, 0.1) is 0 Å². The van der Waals surface area contributed by atoms with Gasteiger partial charge in [-0.05, 0) is 22.8 Å². The summed E-state index contributed by atoms with van der Waals surface area (Å²) in [4.78, 5) is 0. The largest absolute Gasteiger partial charge is 0.379 e. The van der Waals surface area contributed by atoms with Gasteiger partial charge in [0, 0.05) is 11.0 Å². The molecule has 0 saturated carbocycles. The maximum absolute atomic E-state index is 5.75. The number of benzene rings is 2. The van der Waals surface area contributed by atoms with Crippen molar-refractivity contribution in [2.24, 2.45) is 5.73 Å². The zero-order valence-corrected chi connectivity index (χ0v) is 12.2. The number of hydrogen-bond acceptors (Lipinski definition) is 2. The lowest BCUT2D eigenvalue weighted by Crippen LogP contribution is -2.48. The van der Waals surface area contributed by atoms with Crippen LogP contribution in [0.5, 0.6) is 0 Å². The number of rotatable bonds is 3. The molecule has 0 aromatic heterocycles. The van der Waals surface area contributed by atoms with E-state index >= 15 is 0 Å². The average molecular weight is 318 g/mol. The molecule has 0 aliphatic carbocycles. The molecule has 3 rings (SSSR count). The van der Waals surface area contributed by atoms with Crippen LogP contribution in [0.4, 0.5) is 0 Å². The molecule has 0 unspecified atom stereocenters. The summed E-state index contributed by atoms with van der Waals surface area (Å²) in [6.45, 7) is 2.02. The minimum Gasteiger partial charge on any atom is -0.379 e. The third-order valence-corrected chi connectivity index (χ3v) is 4.49. The van der Waals surface area contributed by atoms with E-state index in [4.69, 9.17) is 10.5 Å². The van der Waals surface area contributed by atoms with Crippen molar-refractivity contribution >= 4 is 15.9 Å². The third-order valence-electron chi connectivity index (χ3n) is 3.80. The van der Waals surface area contributed by atoms with E-state index in [2.05, 4.69) is 58.4 Å². The van der Waals surface area contributed by atoms with E-state index in [9.17, 15) is 0 Å². The zero-order valence-electron chi connectivity index (χ0n) is 10.6. The van der Waals surface area contributed by atoms with Gasteiger partial charge in [0.15, 0.2) is 0 Å². The second-order valence-corrected chi connectivity index (χ2v) is 5.81. The van der Waals surface area contributed by atoms with Gasteiger partial charge in [0.2, 0.25) is 0 Å². The first kappa shape index (κ1) is 12.9. The molecule has 3 heteroatoms. The molecule has 0 amide bonds. The fraction of sp³-hybridized carbons (Fsp3) is 0.250. The Labute approximate surface area is 121 Å². The fourth-order valence-corrected chi connectivity index (χ4v) is 3.29. The number of ether oxygens (including phenoxy) is 1. The van der Waals surface area contributed by atoms with Crippen LogP contribution in [-0.2, 0) is 16.7 Å². The molecule has 1 fully saturated rings. The van der Waals surface area contributed by atoms with Crippen molar-refractivity contribution in [2.75, 3.05) is 13.2 Å². The second kappa shape index (κ2) is 5.08. The summed E-state index contributed by atoms with van der Waals surface area (Å²) in [6.07, 6.45) is 0. The molecular weight excluding hydrogens is 302 g/mol. The highest BCUT2D eigenvalue weighted by atomic mass is 79.9. The molecule has 19 heavy (non-hydrogen) atoms. The molecule has 1 aliphatic rings. The normalized spacial score (nSPS) is 16.9. The fourth-order valence-electron chi connectivity index (χ4n) is 2.63. The molecule has 0 spiro atoms. The maximum atomic E-state index is 5.75. The quantitative estimate of drug-likeness (QED) is 0.943. The molecule has 2 aromatic rings. The summed E-state index contributed by atoms with van der Waals surface area (Å²) < 4.78 is 6.66. The maximum Gasteiger partial charge on any atom is 0.0680 e. The van der Waals surface area contributed by atoms with Crippen LogP contribution in [-0.4, -0.2) is 13.2 Å². The highest BCUT2D eigenvalue weighted by molar-refractivity contribution is 9.10. The Balaban J connectivity index is 2.11. The van der Waals surface area contributed by atoms with Crippen molar-refractivity contribution in [3.63, 3.8) is 0 Å². The zero-order chi connectivity index (χ0) is 13.3. The summed E-state index contributed by atoms with van der Waals surface area (Å²) in [7, 11) is 0. The monoisotopic (exact) mass is 317 g/mol. The van der Waals surface area contributed by atoms with Gasteiger partial charge in [-0.15, -0.1) is 0 Å². The van der Waals surface area contributed by atoms with Crippen LogP contribution >= 0.6 is 15.9 Å². The highest BCUT2D eigenvalue weighted by Gasteiger charge is 2.43. The van der Waals surface area contributed by atoms with Crippen molar-refractivity contribution in [1.82, 2.24) is 0 Å². The summed E-state index contributed by atoms with van der Waals surface area (Å²) >= 11 is 3.66. The van der Waals surface area contributed by atoms with Gasteiger partial charge >= 0.3 is 0 Å². The number of hydrogen-bond donors (Lipinski definition) is 1. The average Bonchev–Trinajstić information content (AvgIpc) is 2.40. The number of halogens is 1. The van der Waals surface area contributed by atoms with Gasteiger partial charge in [-0.2, -0.15) is 0 Å². The van der Waals surface area contributed by atoms with Gasteiger partial charge in [0.25, 0.3) is 0 Å². The lowest BCUT2D eigenvalue weighted by Gasteiger charge is -2.43. The lowest BCUT2D eigenvalue weighted by molar-refractivity contribution is -0.0383. The van der Waals surface area contributed by atoms with Crippen LogP contribution in [0.25, 0.3) is 0 Å². The highest BCUT2D eigenvalue weighted by Crippen LogP contribution is 2.42. The molecule has 0 bridgehead atoms. The predicted octanol–water partition coefficient (Wildman–Crippen LogP) is 3.22. The first-order chi connectivity index (χ1) is 9.26. The minimum absolute atomic E-state index is 0.0364. The summed E-state index contributed by atoms with van der Waals surface area (Å²) in [5.41, 5.74) is 9.45. The molecule has 98 valence electrons. The predicted molar refractivity (Wildman–Crippen MR) is 80.1 cm³/mol. The Hall–Kier alpha value is -1.16. The Kier molecular flexibility index (Phi) is 3.44. The van der Waals surface area contributed by atoms with Gasteiger partial charge in [-0.1, -0.05) is 58.4 Å². The van der Waals surface area contributed by atoms with Crippen LogP contribution in [0.1, 0.15) is 16.7 Å². The first-order valence-corrected chi connectivity index (χ1v) is 7.18. The van der Waals surface area contributed by atoms with E-state index in [1.165, 1.54) is 11.1 Å². The van der Waals surface area contributed by atoms with Gasteiger partial charge in [-0.25, -0.2) is 0 Å². The Morgan fingerprint density at radius 3 is 2.53 bits per heavy atom. The van der Waals surface area contributed by atoms with Crippen LogP contribution in [0.3, 0.4) is 0 Å². The molecule has 2 nitrogen and oxygen atoms in total. The molecule has 0 atom stereocenters. The molecule has 1 aliphatic heterocycles. The van der Waals surface area contributed by atoms with E-state index < -0.39 is 0 Å². The topological polar surface area (TPSA) is 35.2 Å². The summed E-state index contributed by atoms with van der Waals surface area (Å²) in [6, 6.07) is 16.9. The van der Waals surface area contributed by atoms with E-state index in [-0.39, 0.29) is 5.41 Å². The second-order valence-electron chi connectivity index (χ2n) is 4.96. The van der Waals surface area contributed by atoms with E-state index in [1.807, 2.05) is 6.07 Å². The number of nitrogens with two attached hydrogens (primary N) is 1. The SMILES string of the molecule is NCc1cccc(C2(c3ccccc3Br)COC2)c1. The molecule has 2 N–H and O–H groups in total. The van der Waals surface area contributed by atoms with Crippen molar-refractivity contribution in [2.45, 2.75) is 12.0 Å². The molecule has 0 radical (unpaired) electrons. The Morgan fingerprint density at radius 1 is 1.11 bits per heavy atom. The van der Waals surface area contributed by atoms with Gasteiger partial charge < -0.3 is 10.5 Å². The Bertz CT molecular complexity index is 593. The minimum atomic E-state index is -0.0364. The van der Waals surface area contributed by atoms with Crippen molar-refractivity contribution < 1.29 is 4.74 Å². The third kappa shape index (κ3) is 2.12. The summed E-state index contributed by atoms with van der Waals surface area (Å²) in [5.74, 6) is 0. The van der Waals surface area contributed by atoms with Gasteiger partial charge in [0.05, 0.1) is 18.6 Å². The smallest absolute Gasteiger partial charge is 0.0680 e. The van der Waals surface area contributed by atoms with Crippen molar-refractivity contribution in [3.8, 4) is 0 Å².